The molecule has 1 aliphatic heterocycles. The molecule has 0 aromatic heterocycles. The Labute approximate surface area is 149 Å². The average molecular weight is 376 g/mol. The van der Waals surface area contributed by atoms with Crippen LogP contribution >= 0.6 is 0 Å². The molecule has 0 saturated carbocycles. The molecule has 0 radical (unpaired) electrons. The summed E-state index contributed by atoms with van der Waals surface area (Å²) >= 11 is 0. The number of rotatable bonds is 4. The van der Waals surface area contributed by atoms with E-state index in [0.29, 0.717) is 18.8 Å². The molecule has 0 unspecified atom stereocenters. The van der Waals surface area contributed by atoms with Gasteiger partial charge in [-0.2, -0.15) is 0 Å². The molecule has 1 aliphatic rings. The van der Waals surface area contributed by atoms with Crippen LogP contribution in [0.2, 0.25) is 0 Å². The van der Waals surface area contributed by atoms with Crippen molar-refractivity contribution in [1.29, 1.82) is 0 Å². The monoisotopic (exact) mass is 376 g/mol. The first-order chi connectivity index (χ1) is 12.3. The highest BCUT2D eigenvalue weighted by molar-refractivity contribution is 7.90. The largest absolute Gasteiger partial charge is 0.493 e. The Morgan fingerprint density at radius 1 is 1.27 bits per heavy atom. The maximum absolute atomic E-state index is 12.5. The van der Waals surface area contributed by atoms with E-state index in [4.69, 9.17) is 4.74 Å². The number of benzene rings is 2. The lowest BCUT2D eigenvalue weighted by atomic mass is 10.00. The normalized spacial score (nSPS) is 16.3. The predicted octanol–water partition coefficient (Wildman–Crippen LogP) is 2.25. The number of amides is 1. The van der Waals surface area contributed by atoms with Gasteiger partial charge in [0.05, 0.1) is 17.6 Å². The molecule has 1 heterocycles. The molecular weight excluding hydrogens is 360 g/mol. The van der Waals surface area contributed by atoms with Gasteiger partial charge >= 0.3 is 0 Å². The summed E-state index contributed by atoms with van der Waals surface area (Å²) in [6.45, 7) is 0.440. The van der Waals surface area contributed by atoms with Crippen molar-refractivity contribution in [2.75, 3.05) is 12.9 Å². The molecule has 0 bridgehead atoms. The highest BCUT2D eigenvalue weighted by atomic mass is 32.2. The van der Waals surface area contributed by atoms with Gasteiger partial charge in [0.2, 0.25) is 0 Å². The fourth-order valence-corrected chi connectivity index (χ4v) is 3.68. The molecule has 2 aromatic carbocycles. The Hall–Kier alpha value is -2.94. The van der Waals surface area contributed by atoms with E-state index in [9.17, 15) is 23.3 Å². The molecule has 1 amide bonds. The smallest absolute Gasteiger partial charge is 0.288 e. The first-order valence-electron chi connectivity index (χ1n) is 7.78. The van der Waals surface area contributed by atoms with Crippen LogP contribution in [0.15, 0.2) is 47.4 Å². The molecule has 1 N–H and O–H groups in total. The number of sulfone groups is 1. The fourth-order valence-electron chi connectivity index (χ4n) is 2.85. The Balaban J connectivity index is 1.90. The Morgan fingerprint density at radius 2 is 2.00 bits per heavy atom. The number of carbonyl (C=O) groups excluding carboxylic acids is 1. The quantitative estimate of drug-likeness (QED) is 0.646. The van der Waals surface area contributed by atoms with Gasteiger partial charge < -0.3 is 10.1 Å². The van der Waals surface area contributed by atoms with Crippen molar-refractivity contribution in [1.82, 2.24) is 5.32 Å². The van der Waals surface area contributed by atoms with Crippen LogP contribution < -0.4 is 10.1 Å². The number of hydrogen-bond donors (Lipinski definition) is 1. The van der Waals surface area contributed by atoms with E-state index in [1.165, 1.54) is 6.07 Å². The van der Waals surface area contributed by atoms with Gasteiger partial charge in [-0.05, 0) is 18.2 Å². The lowest BCUT2D eigenvalue weighted by Gasteiger charge is -2.26. The van der Waals surface area contributed by atoms with E-state index >= 15 is 0 Å². The third kappa shape index (κ3) is 3.52. The minimum absolute atomic E-state index is 0.0214. The molecule has 2 aromatic rings. The SMILES string of the molecule is CS(=O)(=O)c1ccc(C(=O)N[C@@H]2CCOc3ccccc32)cc1[N+](=O)[O-]. The van der Waals surface area contributed by atoms with Gasteiger partial charge in [0.1, 0.15) is 10.6 Å². The standard InChI is InChI=1S/C17H16N2O6S/c1-26(23,24)16-7-6-11(10-14(16)19(21)22)17(20)18-13-8-9-25-15-5-3-2-4-12(13)15/h2-7,10,13H,8-9H2,1H3,(H,18,20)/t13-/m1/s1. The fraction of sp³-hybridized carbons (Fsp3) is 0.235. The molecule has 8 nitrogen and oxygen atoms in total. The summed E-state index contributed by atoms with van der Waals surface area (Å²) < 4.78 is 28.9. The van der Waals surface area contributed by atoms with Gasteiger partial charge in [-0.15, -0.1) is 0 Å². The topological polar surface area (TPSA) is 116 Å². The first kappa shape index (κ1) is 17.9. The van der Waals surface area contributed by atoms with Crippen molar-refractivity contribution in [3.05, 3.63) is 63.7 Å². The van der Waals surface area contributed by atoms with Gasteiger partial charge in [0.25, 0.3) is 11.6 Å². The molecule has 9 heteroatoms. The van der Waals surface area contributed by atoms with E-state index in [1.54, 1.807) is 6.07 Å². The average Bonchev–Trinajstić information content (AvgIpc) is 2.60. The van der Waals surface area contributed by atoms with Crippen molar-refractivity contribution >= 4 is 21.4 Å². The first-order valence-corrected chi connectivity index (χ1v) is 9.67. The maximum atomic E-state index is 12.5. The molecule has 0 saturated heterocycles. The minimum atomic E-state index is -3.78. The molecule has 1 atom stereocenters. The number of para-hydroxylation sites is 1. The number of fused-ring (bicyclic) bond motifs is 1. The zero-order valence-corrected chi connectivity index (χ0v) is 14.7. The van der Waals surface area contributed by atoms with Crippen LogP contribution in [-0.4, -0.2) is 32.1 Å². The molecule has 3 rings (SSSR count). The van der Waals surface area contributed by atoms with E-state index in [1.807, 2.05) is 18.2 Å². The number of nitrogens with one attached hydrogen (secondary N) is 1. The molecule has 136 valence electrons. The number of nitro groups is 1. The summed E-state index contributed by atoms with van der Waals surface area (Å²) in [6.07, 6.45) is 1.44. The highest BCUT2D eigenvalue weighted by Crippen LogP contribution is 2.32. The Bertz CT molecular complexity index is 986. The molecule has 26 heavy (non-hydrogen) atoms. The second kappa shape index (κ2) is 6.75. The number of ether oxygens (including phenoxy) is 1. The van der Waals surface area contributed by atoms with Crippen LogP contribution in [0.1, 0.15) is 28.4 Å². The van der Waals surface area contributed by atoms with Crippen LogP contribution in [0.5, 0.6) is 5.75 Å². The summed E-state index contributed by atoms with van der Waals surface area (Å²) in [5.41, 5.74) is 0.231. The molecule has 0 fully saturated rings. The van der Waals surface area contributed by atoms with E-state index in [0.717, 1.165) is 24.0 Å². The van der Waals surface area contributed by atoms with Crippen molar-refractivity contribution in [2.45, 2.75) is 17.4 Å². The van der Waals surface area contributed by atoms with Crippen LogP contribution in [0, 0.1) is 10.1 Å². The maximum Gasteiger partial charge on any atom is 0.288 e. The second-order valence-electron chi connectivity index (χ2n) is 5.91. The lowest BCUT2D eigenvalue weighted by molar-refractivity contribution is -0.387. The van der Waals surface area contributed by atoms with E-state index in [-0.39, 0.29) is 11.6 Å². The number of hydrogen-bond acceptors (Lipinski definition) is 6. The van der Waals surface area contributed by atoms with Gasteiger partial charge in [-0.1, -0.05) is 18.2 Å². The second-order valence-corrected chi connectivity index (χ2v) is 7.90. The number of carbonyl (C=O) groups is 1. The summed E-state index contributed by atoms with van der Waals surface area (Å²) in [6, 6.07) is 10.4. The summed E-state index contributed by atoms with van der Waals surface area (Å²) in [5.74, 6) is 0.164. The Kier molecular flexibility index (Phi) is 4.64. The van der Waals surface area contributed by atoms with Crippen molar-refractivity contribution in [3.8, 4) is 5.75 Å². The van der Waals surface area contributed by atoms with Crippen molar-refractivity contribution in [3.63, 3.8) is 0 Å². The van der Waals surface area contributed by atoms with Crippen LogP contribution in [0.4, 0.5) is 5.69 Å². The number of nitro benzene ring substituents is 1. The predicted molar refractivity (Wildman–Crippen MR) is 93.0 cm³/mol. The number of nitrogens with zero attached hydrogens (tertiary/aromatic N) is 1. The third-order valence-corrected chi connectivity index (χ3v) is 5.23. The third-order valence-electron chi connectivity index (χ3n) is 4.08. The zero-order chi connectivity index (χ0) is 18.9. The van der Waals surface area contributed by atoms with Crippen LogP contribution in [-0.2, 0) is 9.84 Å². The lowest BCUT2D eigenvalue weighted by Crippen LogP contribution is -2.32. The van der Waals surface area contributed by atoms with Crippen molar-refractivity contribution in [2.24, 2.45) is 0 Å². The molecular formula is C17H16N2O6S. The summed E-state index contributed by atoms with van der Waals surface area (Å²) in [7, 11) is -3.78. The van der Waals surface area contributed by atoms with Crippen LogP contribution in [0.25, 0.3) is 0 Å². The van der Waals surface area contributed by atoms with Gasteiger partial charge in [0.15, 0.2) is 9.84 Å². The van der Waals surface area contributed by atoms with E-state index < -0.39 is 31.3 Å². The summed E-state index contributed by atoms with van der Waals surface area (Å²) in [5, 5.41) is 14.0. The minimum Gasteiger partial charge on any atom is -0.493 e. The van der Waals surface area contributed by atoms with Gasteiger partial charge in [-0.3, -0.25) is 14.9 Å². The zero-order valence-electron chi connectivity index (χ0n) is 13.8. The van der Waals surface area contributed by atoms with Crippen molar-refractivity contribution < 1.29 is 22.9 Å². The van der Waals surface area contributed by atoms with Gasteiger partial charge in [0, 0.05) is 29.9 Å². The molecule has 0 aliphatic carbocycles. The molecule has 0 spiro atoms. The summed E-state index contributed by atoms with van der Waals surface area (Å²) in [4.78, 5) is 22.5. The van der Waals surface area contributed by atoms with Gasteiger partial charge in [-0.25, -0.2) is 8.42 Å². The van der Waals surface area contributed by atoms with E-state index in [2.05, 4.69) is 5.32 Å². The Morgan fingerprint density at radius 3 is 2.69 bits per heavy atom. The van der Waals surface area contributed by atoms with Crippen LogP contribution in [0.3, 0.4) is 0 Å². The highest BCUT2D eigenvalue weighted by Gasteiger charge is 2.26.